The summed E-state index contributed by atoms with van der Waals surface area (Å²) in [6.45, 7) is 8.64. The highest BCUT2D eigenvalue weighted by molar-refractivity contribution is 5.96. The highest BCUT2D eigenvalue weighted by Gasteiger charge is 2.28. The van der Waals surface area contributed by atoms with Crippen molar-refractivity contribution in [1.29, 1.82) is 5.26 Å². The third kappa shape index (κ3) is 6.39. The monoisotopic (exact) mass is 553 g/mol. The van der Waals surface area contributed by atoms with Gasteiger partial charge in [0.15, 0.2) is 0 Å². The predicted molar refractivity (Wildman–Crippen MR) is 158 cm³/mol. The lowest BCUT2D eigenvalue weighted by Crippen LogP contribution is -2.48. The number of aromatic amines is 1. The van der Waals surface area contributed by atoms with Crippen LogP contribution in [-0.4, -0.2) is 57.5 Å². The van der Waals surface area contributed by atoms with Gasteiger partial charge in [0, 0.05) is 66.6 Å². The average Bonchev–Trinajstić information content (AvgIpc) is 3.45. The van der Waals surface area contributed by atoms with Crippen LogP contribution < -0.4 is 10.2 Å². The first-order chi connectivity index (χ1) is 19.8. The van der Waals surface area contributed by atoms with Gasteiger partial charge >= 0.3 is 0 Å². The van der Waals surface area contributed by atoms with Gasteiger partial charge in [0.1, 0.15) is 12.1 Å². The number of hydrogen-bond acceptors (Lipinski definition) is 6. The lowest BCUT2D eigenvalue weighted by atomic mass is 9.98. The maximum Gasteiger partial charge on any atom is 0.254 e. The van der Waals surface area contributed by atoms with Gasteiger partial charge in [0.05, 0.1) is 28.6 Å². The number of likely N-dealkylation sites (tertiary alicyclic amines) is 1. The van der Waals surface area contributed by atoms with Crippen molar-refractivity contribution in [2.24, 2.45) is 0 Å². The number of nitriles is 1. The average molecular weight is 554 g/mol. The Hall–Kier alpha value is -4.29. The van der Waals surface area contributed by atoms with Gasteiger partial charge in [-0.3, -0.25) is 4.79 Å². The molecule has 3 heterocycles. The van der Waals surface area contributed by atoms with Crippen molar-refractivity contribution >= 4 is 22.5 Å². The molecule has 1 fully saturated rings. The minimum Gasteiger partial charge on any atom is -0.364 e. The molecule has 1 amide bonds. The summed E-state index contributed by atoms with van der Waals surface area (Å²) < 4.78 is 14.9. The number of aryl methyl sites for hydroxylation is 2. The van der Waals surface area contributed by atoms with Crippen LogP contribution in [0.2, 0.25) is 0 Å². The molecule has 9 heteroatoms. The second kappa shape index (κ2) is 12.5. The smallest absolute Gasteiger partial charge is 0.254 e. The molecule has 41 heavy (non-hydrogen) atoms. The fraction of sp³-hybridized carbons (Fsp3) is 0.375. The topological polar surface area (TPSA) is 101 Å². The number of rotatable bonds is 9. The summed E-state index contributed by atoms with van der Waals surface area (Å²) in [7, 11) is 0. The van der Waals surface area contributed by atoms with Crippen LogP contribution in [-0.2, 0) is 6.54 Å². The van der Waals surface area contributed by atoms with Crippen LogP contribution in [0.15, 0.2) is 55.0 Å². The molecule has 1 unspecified atom stereocenters. The molecule has 1 aliphatic heterocycles. The fourth-order valence-corrected chi connectivity index (χ4v) is 5.82. The molecule has 5 rings (SSSR count). The summed E-state index contributed by atoms with van der Waals surface area (Å²) in [6.07, 6.45) is 6.10. The predicted octanol–water partition coefficient (Wildman–Crippen LogP) is 5.27. The number of nitrogens with one attached hydrogen (secondary N) is 2. The Balaban J connectivity index is 1.23. The summed E-state index contributed by atoms with van der Waals surface area (Å²) >= 11 is 0. The summed E-state index contributed by atoms with van der Waals surface area (Å²) in [4.78, 5) is 29.0. The molecule has 0 bridgehead atoms. The third-order valence-corrected chi connectivity index (χ3v) is 8.25. The molecule has 4 aromatic rings. The molecule has 2 N–H and O–H groups in total. The quantitative estimate of drug-likeness (QED) is 0.293. The maximum absolute atomic E-state index is 14.9. The fourth-order valence-electron chi connectivity index (χ4n) is 5.82. The Morgan fingerprint density at radius 2 is 1.93 bits per heavy atom. The van der Waals surface area contributed by atoms with Crippen molar-refractivity contribution in [3.63, 3.8) is 0 Å². The van der Waals surface area contributed by atoms with Crippen LogP contribution in [0.3, 0.4) is 0 Å². The van der Waals surface area contributed by atoms with Crippen molar-refractivity contribution in [3.8, 4) is 6.07 Å². The van der Waals surface area contributed by atoms with E-state index in [1.165, 1.54) is 18.5 Å². The molecule has 212 valence electrons. The maximum atomic E-state index is 14.9. The molecule has 1 aliphatic rings. The Morgan fingerprint density at radius 1 is 1.17 bits per heavy atom. The number of halogens is 1. The Bertz CT molecular complexity index is 1550. The van der Waals surface area contributed by atoms with Gasteiger partial charge in [-0.05, 0) is 82.5 Å². The van der Waals surface area contributed by atoms with E-state index in [2.05, 4.69) is 61.3 Å². The van der Waals surface area contributed by atoms with Crippen LogP contribution in [0.4, 0.5) is 10.1 Å². The molecular formula is C32H36FN7O. The van der Waals surface area contributed by atoms with Gasteiger partial charge in [0.2, 0.25) is 0 Å². The lowest BCUT2D eigenvalue weighted by Gasteiger charge is -2.42. The molecule has 0 spiro atoms. The van der Waals surface area contributed by atoms with E-state index in [4.69, 9.17) is 0 Å². The zero-order chi connectivity index (χ0) is 28.9. The second-order valence-electron chi connectivity index (χ2n) is 10.9. The van der Waals surface area contributed by atoms with E-state index in [-0.39, 0.29) is 17.8 Å². The van der Waals surface area contributed by atoms with E-state index < -0.39 is 0 Å². The highest BCUT2D eigenvalue weighted by atomic mass is 19.1. The minimum absolute atomic E-state index is 0.130. The normalized spacial score (nSPS) is 15.0. The van der Waals surface area contributed by atoms with E-state index in [0.29, 0.717) is 47.2 Å². The Morgan fingerprint density at radius 3 is 2.66 bits per heavy atom. The SMILES string of the molecule is Cc1ncnc(C)c1C(=O)NCCC(C)N1CCC(N(Cc2cc(C#N)ccc2F)c2ccc3[nH]ccc3c2)CC1. The number of hydrogen-bond donors (Lipinski definition) is 2. The van der Waals surface area contributed by atoms with Crippen molar-refractivity contribution in [2.75, 3.05) is 24.5 Å². The first-order valence-corrected chi connectivity index (χ1v) is 14.2. The molecular weight excluding hydrogens is 517 g/mol. The molecule has 0 radical (unpaired) electrons. The van der Waals surface area contributed by atoms with Crippen LogP contribution in [0.25, 0.3) is 10.9 Å². The summed E-state index contributed by atoms with van der Waals surface area (Å²) in [5.74, 6) is -0.425. The Labute approximate surface area is 240 Å². The van der Waals surface area contributed by atoms with Gasteiger partial charge < -0.3 is 20.1 Å². The van der Waals surface area contributed by atoms with Crippen LogP contribution in [0, 0.1) is 31.0 Å². The standard InChI is InChI=1S/C32H36FN7O/c1-21(8-12-36-32(41)31-22(2)37-20-38-23(31)3)39-14-10-27(11-15-39)40(19-26-16-24(18-34)4-6-29(26)33)28-5-7-30-25(17-28)9-13-35-30/h4-7,9,13,16-17,20-21,27,35H,8,10-12,14-15,19H2,1-3H3,(H,36,41). The number of aromatic nitrogens is 3. The van der Waals surface area contributed by atoms with Gasteiger partial charge in [-0.15, -0.1) is 0 Å². The van der Waals surface area contributed by atoms with Crippen LogP contribution in [0.5, 0.6) is 0 Å². The van der Waals surface area contributed by atoms with Crippen molar-refractivity contribution in [1.82, 2.24) is 25.2 Å². The molecule has 1 saturated heterocycles. The zero-order valence-corrected chi connectivity index (χ0v) is 23.8. The number of carbonyl (C=O) groups is 1. The zero-order valence-electron chi connectivity index (χ0n) is 23.8. The van der Waals surface area contributed by atoms with Crippen LogP contribution in [0.1, 0.15) is 59.1 Å². The number of benzene rings is 2. The van der Waals surface area contributed by atoms with Crippen molar-refractivity contribution in [3.05, 3.63) is 88.9 Å². The number of amides is 1. The van der Waals surface area contributed by atoms with Crippen molar-refractivity contribution in [2.45, 2.75) is 58.7 Å². The van der Waals surface area contributed by atoms with Crippen LogP contribution >= 0.6 is 0 Å². The second-order valence-corrected chi connectivity index (χ2v) is 10.9. The van der Waals surface area contributed by atoms with E-state index in [9.17, 15) is 14.4 Å². The number of anilines is 1. The van der Waals surface area contributed by atoms with E-state index in [0.717, 1.165) is 48.9 Å². The van der Waals surface area contributed by atoms with Gasteiger partial charge in [-0.25, -0.2) is 14.4 Å². The summed E-state index contributed by atoms with van der Waals surface area (Å²) in [5, 5.41) is 13.5. The van der Waals surface area contributed by atoms with Gasteiger partial charge in [0.25, 0.3) is 5.91 Å². The summed E-state index contributed by atoms with van der Waals surface area (Å²) in [6, 6.07) is 15.6. The molecule has 2 aromatic heterocycles. The Kier molecular flexibility index (Phi) is 8.60. The summed E-state index contributed by atoms with van der Waals surface area (Å²) in [5.41, 5.74) is 5.02. The molecule has 0 saturated carbocycles. The largest absolute Gasteiger partial charge is 0.364 e. The molecule has 2 aromatic carbocycles. The van der Waals surface area contributed by atoms with Crippen molar-refractivity contribution < 1.29 is 9.18 Å². The molecule has 1 atom stereocenters. The lowest BCUT2D eigenvalue weighted by molar-refractivity contribution is 0.0943. The minimum atomic E-state index is -0.294. The molecule has 8 nitrogen and oxygen atoms in total. The first-order valence-electron chi connectivity index (χ1n) is 14.2. The van der Waals surface area contributed by atoms with E-state index in [1.54, 1.807) is 6.07 Å². The highest BCUT2D eigenvalue weighted by Crippen LogP contribution is 2.30. The first kappa shape index (κ1) is 28.2. The number of fused-ring (bicyclic) bond motifs is 1. The van der Waals surface area contributed by atoms with Gasteiger partial charge in [-0.1, -0.05) is 0 Å². The molecule has 0 aliphatic carbocycles. The number of piperidine rings is 1. The van der Waals surface area contributed by atoms with E-state index in [1.807, 2.05) is 26.1 Å². The third-order valence-electron chi connectivity index (χ3n) is 8.25. The number of nitrogens with zero attached hydrogens (tertiary/aromatic N) is 5. The number of H-pyrrole nitrogens is 1. The van der Waals surface area contributed by atoms with E-state index >= 15 is 0 Å². The van der Waals surface area contributed by atoms with Gasteiger partial charge in [-0.2, -0.15) is 5.26 Å². The number of carbonyl (C=O) groups excluding carboxylic acids is 1.